The Morgan fingerprint density at radius 1 is 1.33 bits per heavy atom. The fraction of sp³-hybridized carbons (Fsp3) is 0.455. The first-order chi connectivity index (χ1) is 7.22. The summed E-state index contributed by atoms with van der Waals surface area (Å²) < 4.78 is 5.26. The second kappa shape index (κ2) is 4.18. The van der Waals surface area contributed by atoms with Gasteiger partial charge in [-0.3, -0.25) is 0 Å². The number of aliphatic hydroxyl groups excluding tert-OH is 1. The summed E-state index contributed by atoms with van der Waals surface area (Å²) in [5, 5.41) is 18.6. The Bertz CT molecular complexity index is 365. The van der Waals surface area contributed by atoms with Crippen molar-refractivity contribution in [3.8, 4) is 5.75 Å². The molecule has 0 aromatic heterocycles. The summed E-state index contributed by atoms with van der Waals surface area (Å²) >= 11 is 0. The Balaban J connectivity index is 2.31. The number of phenolic OH excluding ortho intramolecular Hbond substituents is 1. The molecule has 15 heavy (non-hydrogen) atoms. The molecule has 4 nitrogen and oxygen atoms in total. The summed E-state index contributed by atoms with van der Waals surface area (Å²) in [6.07, 6.45) is 0.452. The van der Waals surface area contributed by atoms with Crippen molar-refractivity contribution in [2.75, 3.05) is 6.61 Å². The van der Waals surface area contributed by atoms with E-state index in [4.69, 9.17) is 15.6 Å². The molecule has 0 radical (unpaired) electrons. The highest BCUT2D eigenvalue weighted by Crippen LogP contribution is 2.31. The number of aliphatic hydroxyl groups is 1. The van der Waals surface area contributed by atoms with Gasteiger partial charge in [-0.2, -0.15) is 0 Å². The van der Waals surface area contributed by atoms with Gasteiger partial charge < -0.3 is 20.7 Å². The van der Waals surface area contributed by atoms with Gasteiger partial charge in [0.25, 0.3) is 0 Å². The van der Waals surface area contributed by atoms with Crippen LogP contribution in [0.3, 0.4) is 0 Å². The number of fused-ring (bicyclic) bond motifs is 1. The van der Waals surface area contributed by atoms with Crippen LogP contribution in [0.4, 0.5) is 0 Å². The van der Waals surface area contributed by atoms with Gasteiger partial charge in [0.2, 0.25) is 0 Å². The van der Waals surface area contributed by atoms with Gasteiger partial charge in [-0.1, -0.05) is 0 Å². The number of aromatic hydroxyl groups is 1. The summed E-state index contributed by atoms with van der Waals surface area (Å²) in [5.41, 5.74) is 8.63. The topological polar surface area (TPSA) is 75.7 Å². The Kier molecular flexibility index (Phi) is 2.90. The van der Waals surface area contributed by atoms with E-state index in [-0.39, 0.29) is 18.4 Å². The molecule has 1 atom stereocenters. The molecule has 4 heteroatoms. The van der Waals surface area contributed by atoms with Crippen molar-refractivity contribution in [3.05, 3.63) is 28.8 Å². The number of ether oxygens (including phenoxy) is 1. The summed E-state index contributed by atoms with van der Waals surface area (Å²) in [6.45, 7) is 1.15. The molecule has 4 N–H and O–H groups in total. The van der Waals surface area contributed by atoms with Crippen LogP contribution < -0.4 is 5.73 Å². The second-order valence-electron chi connectivity index (χ2n) is 3.79. The molecule has 0 amide bonds. The van der Waals surface area contributed by atoms with Gasteiger partial charge in [-0.25, -0.2) is 0 Å². The first kappa shape index (κ1) is 10.4. The average molecular weight is 209 g/mol. The second-order valence-corrected chi connectivity index (χ2v) is 3.79. The van der Waals surface area contributed by atoms with E-state index >= 15 is 0 Å². The SMILES string of the molecule is NC(CCO)c1cc2c(cc1O)COC2. The lowest BCUT2D eigenvalue weighted by atomic mass is 9.98. The number of benzene rings is 1. The lowest BCUT2D eigenvalue weighted by Crippen LogP contribution is -2.12. The molecular formula is C11H15NO3. The molecule has 0 bridgehead atoms. The third-order valence-electron chi connectivity index (χ3n) is 2.70. The third-order valence-corrected chi connectivity index (χ3v) is 2.70. The number of nitrogens with two attached hydrogens (primary N) is 1. The van der Waals surface area contributed by atoms with Crippen LogP contribution in [0.5, 0.6) is 5.75 Å². The van der Waals surface area contributed by atoms with Gasteiger partial charge in [-0.15, -0.1) is 0 Å². The standard InChI is InChI=1S/C11H15NO3/c12-10(1-2-13)9-3-7-5-15-6-8(7)4-11(9)14/h3-4,10,13-14H,1-2,5-6,12H2. The van der Waals surface area contributed by atoms with Crippen LogP contribution in [0.1, 0.15) is 29.2 Å². The number of hydrogen-bond acceptors (Lipinski definition) is 4. The van der Waals surface area contributed by atoms with Crippen LogP contribution >= 0.6 is 0 Å². The van der Waals surface area contributed by atoms with E-state index in [1.165, 1.54) is 0 Å². The Morgan fingerprint density at radius 2 is 2.00 bits per heavy atom. The lowest BCUT2D eigenvalue weighted by molar-refractivity contribution is 0.134. The molecule has 0 saturated heterocycles. The van der Waals surface area contributed by atoms with E-state index in [0.29, 0.717) is 25.2 Å². The normalized spacial score (nSPS) is 16.4. The number of hydrogen-bond donors (Lipinski definition) is 3. The Hall–Kier alpha value is -1.10. The van der Waals surface area contributed by atoms with E-state index in [0.717, 1.165) is 11.1 Å². The fourth-order valence-corrected chi connectivity index (χ4v) is 1.83. The molecule has 1 aliphatic rings. The van der Waals surface area contributed by atoms with E-state index < -0.39 is 0 Å². The zero-order valence-electron chi connectivity index (χ0n) is 8.44. The predicted octanol–water partition coefficient (Wildman–Crippen LogP) is 0.805. The highest BCUT2D eigenvalue weighted by Gasteiger charge is 2.17. The maximum absolute atomic E-state index is 9.75. The highest BCUT2D eigenvalue weighted by molar-refractivity contribution is 5.44. The molecule has 0 fully saturated rings. The molecular weight excluding hydrogens is 194 g/mol. The molecule has 0 spiro atoms. The molecule has 0 aliphatic carbocycles. The van der Waals surface area contributed by atoms with Crippen LogP contribution in [0.15, 0.2) is 12.1 Å². The average Bonchev–Trinajstić information content (AvgIpc) is 2.63. The smallest absolute Gasteiger partial charge is 0.120 e. The molecule has 0 saturated carbocycles. The van der Waals surface area contributed by atoms with E-state index in [9.17, 15) is 5.11 Å². The maximum Gasteiger partial charge on any atom is 0.120 e. The van der Waals surface area contributed by atoms with Crippen molar-refractivity contribution in [1.82, 2.24) is 0 Å². The highest BCUT2D eigenvalue weighted by atomic mass is 16.5. The third kappa shape index (κ3) is 1.97. The summed E-state index contributed by atoms with van der Waals surface area (Å²) in [4.78, 5) is 0. The van der Waals surface area contributed by atoms with E-state index in [1.54, 1.807) is 6.07 Å². The van der Waals surface area contributed by atoms with Gasteiger partial charge in [0.15, 0.2) is 0 Å². The molecule has 1 aliphatic heterocycles. The van der Waals surface area contributed by atoms with Crippen LogP contribution in [0.2, 0.25) is 0 Å². The monoisotopic (exact) mass is 209 g/mol. The van der Waals surface area contributed by atoms with E-state index in [2.05, 4.69) is 0 Å². The van der Waals surface area contributed by atoms with Gasteiger partial charge in [-0.05, 0) is 29.7 Å². The lowest BCUT2D eigenvalue weighted by Gasteiger charge is -2.13. The minimum absolute atomic E-state index is 0.0220. The van der Waals surface area contributed by atoms with Crippen LogP contribution in [0.25, 0.3) is 0 Å². The number of phenols is 1. The largest absolute Gasteiger partial charge is 0.508 e. The first-order valence-corrected chi connectivity index (χ1v) is 5.01. The summed E-state index contributed by atoms with van der Waals surface area (Å²) in [6, 6.07) is 3.26. The van der Waals surface area contributed by atoms with Gasteiger partial charge in [0.1, 0.15) is 5.75 Å². The zero-order chi connectivity index (χ0) is 10.8. The predicted molar refractivity (Wildman–Crippen MR) is 55.2 cm³/mol. The van der Waals surface area contributed by atoms with Crippen LogP contribution in [-0.2, 0) is 18.0 Å². The van der Waals surface area contributed by atoms with Crippen molar-refractivity contribution in [2.24, 2.45) is 5.73 Å². The van der Waals surface area contributed by atoms with Crippen LogP contribution in [-0.4, -0.2) is 16.8 Å². The fourth-order valence-electron chi connectivity index (χ4n) is 1.83. The van der Waals surface area contributed by atoms with Gasteiger partial charge in [0, 0.05) is 18.2 Å². The van der Waals surface area contributed by atoms with Crippen LogP contribution in [0, 0.1) is 0 Å². The van der Waals surface area contributed by atoms with Gasteiger partial charge in [0.05, 0.1) is 13.2 Å². The molecule has 1 unspecified atom stereocenters. The van der Waals surface area contributed by atoms with Crippen molar-refractivity contribution in [2.45, 2.75) is 25.7 Å². The van der Waals surface area contributed by atoms with Crippen molar-refractivity contribution >= 4 is 0 Å². The molecule has 82 valence electrons. The van der Waals surface area contributed by atoms with E-state index in [1.807, 2.05) is 6.07 Å². The Labute approximate surface area is 88.3 Å². The summed E-state index contributed by atoms with van der Waals surface area (Å²) in [7, 11) is 0. The molecule has 1 aromatic carbocycles. The Morgan fingerprint density at radius 3 is 2.67 bits per heavy atom. The zero-order valence-corrected chi connectivity index (χ0v) is 8.44. The summed E-state index contributed by atoms with van der Waals surface area (Å²) in [5.74, 6) is 0.195. The van der Waals surface area contributed by atoms with Crippen molar-refractivity contribution in [1.29, 1.82) is 0 Å². The van der Waals surface area contributed by atoms with Crippen molar-refractivity contribution < 1.29 is 14.9 Å². The quantitative estimate of drug-likeness (QED) is 0.688. The van der Waals surface area contributed by atoms with Gasteiger partial charge >= 0.3 is 0 Å². The first-order valence-electron chi connectivity index (χ1n) is 5.01. The molecule has 2 rings (SSSR count). The minimum Gasteiger partial charge on any atom is -0.508 e. The number of rotatable bonds is 3. The van der Waals surface area contributed by atoms with Crippen molar-refractivity contribution in [3.63, 3.8) is 0 Å². The molecule has 1 aromatic rings. The minimum atomic E-state index is -0.319. The molecule has 1 heterocycles. The maximum atomic E-state index is 9.75.